The van der Waals surface area contributed by atoms with Gasteiger partial charge in [0.25, 0.3) is 0 Å². The van der Waals surface area contributed by atoms with Crippen molar-refractivity contribution in [2.75, 3.05) is 26.4 Å². The van der Waals surface area contributed by atoms with Gasteiger partial charge < -0.3 is 18.9 Å². The second-order valence-corrected chi connectivity index (χ2v) is 15.7. The zero-order chi connectivity index (χ0) is 30.4. The maximum Gasteiger partial charge on any atom is 0.327 e. The Morgan fingerprint density at radius 1 is 0.756 bits per heavy atom. The number of hydrogen-bond donors (Lipinski definition) is 0. The van der Waals surface area contributed by atoms with Gasteiger partial charge in [-0.2, -0.15) is 0 Å². The maximum absolute atomic E-state index is 13.7. The summed E-state index contributed by atoms with van der Waals surface area (Å²) in [5.41, 5.74) is 0.0432. The lowest BCUT2D eigenvalue weighted by Crippen LogP contribution is -2.45. The Labute approximate surface area is 244 Å². The molecule has 0 spiro atoms. The topological polar surface area (TPSA) is 105 Å². The number of hydrogen-bond acceptors (Lipinski definition) is 8. The summed E-state index contributed by atoms with van der Waals surface area (Å²) in [4.78, 5) is 54.0. The molecule has 1 aromatic carbocycles. The second kappa shape index (κ2) is 13.2. The van der Waals surface area contributed by atoms with Crippen molar-refractivity contribution >= 4 is 37.1 Å². The van der Waals surface area contributed by atoms with E-state index in [1.807, 2.05) is 18.2 Å². The van der Waals surface area contributed by atoms with E-state index in [1.165, 1.54) is 0 Å². The van der Waals surface area contributed by atoms with E-state index in [-0.39, 0.29) is 51.1 Å². The Kier molecular flexibility index (Phi) is 10.4. The van der Waals surface area contributed by atoms with Crippen molar-refractivity contribution in [3.05, 3.63) is 53.8 Å². The SMILES string of the molecule is C=C1C[C@H]([C@@H]2C/C(=C/[Si](C)(C)c3ccccc3)C(C(=O)OCC)(C(=O)OCC)C2)CC1(C(=O)OCC)C(=O)OCC. The predicted molar refractivity (Wildman–Crippen MR) is 158 cm³/mol. The summed E-state index contributed by atoms with van der Waals surface area (Å²) in [6.45, 7) is 15.7. The first-order chi connectivity index (χ1) is 19.4. The number of esters is 4. The lowest BCUT2D eigenvalue weighted by atomic mass is 9.78. The molecule has 0 amide bonds. The van der Waals surface area contributed by atoms with Crippen LogP contribution in [0.4, 0.5) is 0 Å². The Morgan fingerprint density at radius 2 is 1.17 bits per heavy atom. The highest BCUT2D eigenvalue weighted by molar-refractivity contribution is 6.94. The van der Waals surface area contributed by atoms with Gasteiger partial charge in [-0.15, -0.1) is 0 Å². The zero-order valence-electron chi connectivity index (χ0n) is 25.2. The summed E-state index contributed by atoms with van der Waals surface area (Å²) in [5, 5.41) is 1.16. The van der Waals surface area contributed by atoms with Crippen LogP contribution in [-0.4, -0.2) is 58.4 Å². The molecule has 41 heavy (non-hydrogen) atoms. The molecule has 0 saturated heterocycles. The second-order valence-electron chi connectivity index (χ2n) is 11.4. The summed E-state index contributed by atoms with van der Waals surface area (Å²) >= 11 is 0. The third-order valence-corrected chi connectivity index (χ3v) is 11.4. The van der Waals surface area contributed by atoms with E-state index in [2.05, 4.69) is 37.5 Å². The number of rotatable bonds is 11. The molecule has 0 unspecified atom stereocenters. The van der Waals surface area contributed by atoms with Crippen LogP contribution in [0.2, 0.25) is 13.1 Å². The highest BCUT2D eigenvalue weighted by Gasteiger charge is 2.63. The smallest absolute Gasteiger partial charge is 0.327 e. The quantitative estimate of drug-likeness (QED) is 0.122. The van der Waals surface area contributed by atoms with Gasteiger partial charge in [-0.25, -0.2) is 0 Å². The zero-order valence-corrected chi connectivity index (χ0v) is 26.2. The number of ether oxygens (including phenoxy) is 4. The fourth-order valence-corrected chi connectivity index (χ4v) is 8.91. The number of carbonyl (C=O) groups excluding carboxylic acids is 4. The summed E-state index contributed by atoms with van der Waals surface area (Å²) in [7, 11) is -2.28. The molecular formula is C32H44O8Si. The van der Waals surface area contributed by atoms with Gasteiger partial charge in [0.05, 0.1) is 26.4 Å². The molecule has 1 aromatic rings. The van der Waals surface area contributed by atoms with Crippen molar-refractivity contribution in [3.63, 3.8) is 0 Å². The molecule has 2 saturated carbocycles. The van der Waals surface area contributed by atoms with Crippen LogP contribution in [0.15, 0.2) is 53.8 Å². The van der Waals surface area contributed by atoms with E-state index >= 15 is 0 Å². The van der Waals surface area contributed by atoms with Gasteiger partial charge in [-0.3, -0.25) is 19.2 Å². The van der Waals surface area contributed by atoms with E-state index < -0.39 is 42.8 Å². The van der Waals surface area contributed by atoms with Crippen molar-refractivity contribution in [1.82, 2.24) is 0 Å². The molecule has 0 bridgehead atoms. The van der Waals surface area contributed by atoms with Gasteiger partial charge in [0, 0.05) is 0 Å². The summed E-state index contributed by atoms with van der Waals surface area (Å²) in [5.74, 6) is -3.00. The minimum Gasteiger partial charge on any atom is -0.465 e. The van der Waals surface area contributed by atoms with Gasteiger partial charge in [0.1, 0.15) is 8.07 Å². The first-order valence-electron chi connectivity index (χ1n) is 14.6. The molecule has 0 N–H and O–H groups in total. The van der Waals surface area contributed by atoms with Crippen molar-refractivity contribution in [1.29, 1.82) is 0 Å². The van der Waals surface area contributed by atoms with Crippen molar-refractivity contribution < 1.29 is 38.1 Å². The lowest BCUT2D eigenvalue weighted by molar-refractivity contribution is -0.171. The largest absolute Gasteiger partial charge is 0.465 e. The van der Waals surface area contributed by atoms with E-state index in [9.17, 15) is 19.2 Å². The standard InChI is InChI=1S/C32H44O8Si/c1-8-37-27(33)31(28(34)38-9-2)19-23(17-22(31)5)24-18-25(21-41(6,7)26-15-13-12-14-16-26)32(20-24,29(35)39-10-3)30(36)40-11-4/h12-16,21,23-24H,5,8-11,17-20H2,1-4,6-7H3/b25-21-/t23-,24+/m0/s1. The molecule has 9 heteroatoms. The summed E-state index contributed by atoms with van der Waals surface area (Å²) < 4.78 is 21.7. The molecule has 2 aliphatic carbocycles. The van der Waals surface area contributed by atoms with Crippen LogP contribution in [-0.2, 0) is 38.1 Å². The molecule has 8 nitrogen and oxygen atoms in total. The monoisotopic (exact) mass is 584 g/mol. The third-order valence-electron chi connectivity index (χ3n) is 8.49. The van der Waals surface area contributed by atoms with Crippen LogP contribution in [0.1, 0.15) is 53.4 Å². The van der Waals surface area contributed by atoms with Crippen LogP contribution >= 0.6 is 0 Å². The Bertz CT molecular complexity index is 1150. The predicted octanol–water partition coefficient (Wildman–Crippen LogP) is 4.67. The Morgan fingerprint density at radius 3 is 1.63 bits per heavy atom. The fourth-order valence-electron chi connectivity index (χ4n) is 6.46. The normalized spacial score (nSPS) is 22.3. The van der Waals surface area contributed by atoms with E-state index in [0.29, 0.717) is 24.0 Å². The van der Waals surface area contributed by atoms with Crippen molar-refractivity contribution in [3.8, 4) is 0 Å². The highest BCUT2D eigenvalue weighted by Crippen LogP contribution is 2.58. The van der Waals surface area contributed by atoms with Crippen LogP contribution in [0.5, 0.6) is 0 Å². The van der Waals surface area contributed by atoms with Gasteiger partial charge in [0.15, 0.2) is 10.8 Å². The van der Waals surface area contributed by atoms with Gasteiger partial charge in [0.2, 0.25) is 0 Å². The minimum atomic E-state index is -2.28. The minimum absolute atomic E-state index is 0.113. The molecule has 3 rings (SSSR count). The molecule has 2 aliphatic rings. The Balaban J connectivity index is 2.12. The maximum atomic E-state index is 13.7. The highest BCUT2D eigenvalue weighted by atomic mass is 28.3. The summed E-state index contributed by atoms with van der Waals surface area (Å²) in [6.07, 6.45) is 1.11. The molecule has 0 heterocycles. The van der Waals surface area contributed by atoms with E-state index in [1.54, 1.807) is 27.7 Å². The number of benzene rings is 1. The van der Waals surface area contributed by atoms with Gasteiger partial charge in [-0.1, -0.05) is 60.9 Å². The average molecular weight is 585 g/mol. The molecule has 0 aromatic heterocycles. The number of carbonyl (C=O) groups is 4. The first kappa shape index (κ1) is 32.3. The van der Waals surface area contributed by atoms with E-state index in [0.717, 1.165) is 5.19 Å². The molecule has 224 valence electrons. The van der Waals surface area contributed by atoms with Crippen LogP contribution in [0, 0.1) is 22.7 Å². The molecular weight excluding hydrogens is 540 g/mol. The lowest BCUT2D eigenvalue weighted by Gasteiger charge is -2.29. The average Bonchev–Trinajstić information content (AvgIpc) is 3.49. The van der Waals surface area contributed by atoms with Crippen molar-refractivity contribution in [2.24, 2.45) is 22.7 Å². The molecule has 2 atom stereocenters. The van der Waals surface area contributed by atoms with Crippen LogP contribution in [0.3, 0.4) is 0 Å². The van der Waals surface area contributed by atoms with Crippen LogP contribution < -0.4 is 5.19 Å². The third kappa shape index (κ3) is 6.05. The van der Waals surface area contributed by atoms with Crippen molar-refractivity contribution in [2.45, 2.75) is 66.5 Å². The van der Waals surface area contributed by atoms with Gasteiger partial charge >= 0.3 is 23.9 Å². The van der Waals surface area contributed by atoms with Crippen LogP contribution in [0.25, 0.3) is 0 Å². The van der Waals surface area contributed by atoms with E-state index in [4.69, 9.17) is 18.9 Å². The summed E-state index contributed by atoms with van der Waals surface area (Å²) in [6, 6.07) is 10.1. The molecule has 0 radical (unpaired) electrons. The molecule has 0 aliphatic heterocycles. The Hall–Kier alpha value is -3.20. The van der Waals surface area contributed by atoms with Gasteiger partial charge in [-0.05, 0) is 76.4 Å². The first-order valence-corrected chi connectivity index (χ1v) is 17.7. The fraction of sp³-hybridized carbons (Fsp3) is 0.562. The molecule has 2 fully saturated rings.